The van der Waals surface area contributed by atoms with Gasteiger partial charge in [0, 0.05) is 0 Å². The molecule has 9 heteroatoms. The Labute approximate surface area is 147 Å². The van der Waals surface area contributed by atoms with E-state index in [1.807, 2.05) is 0 Å². The van der Waals surface area contributed by atoms with Gasteiger partial charge in [-0.25, -0.2) is 0 Å². The maximum absolute atomic E-state index is 10.2. The van der Waals surface area contributed by atoms with Gasteiger partial charge in [0.2, 0.25) is 0 Å². The zero-order valence-electron chi connectivity index (χ0n) is 14.6. The molecule has 0 amide bonds. The van der Waals surface area contributed by atoms with Crippen LogP contribution < -0.4 is 0 Å². The zero-order valence-corrected chi connectivity index (χ0v) is 14.6. The van der Waals surface area contributed by atoms with Crippen LogP contribution in [0.2, 0.25) is 0 Å². The van der Waals surface area contributed by atoms with Crippen molar-refractivity contribution in [2.24, 2.45) is 0 Å². The predicted molar refractivity (Wildman–Crippen MR) is 88.8 cm³/mol. The second kappa shape index (κ2) is 16.4. The molecule has 0 rings (SSSR count). The Kier molecular flexibility index (Phi) is 17.1. The Hall–Kier alpha value is -1.10. The Morgan fingerprint density at radius 1 is 0.960 bits per heavy atom. The summed E-state index contributed by atoms with van der Waals surface area (Å²) in [6.07, 6.45) is -1.32. The third-order valence-corrected chi connectivity index (χ3v) is 3.47. The number of unbranched alkanes of at least 4 members (excludes halogenated alkanes) is 4. The molecule has 9 nitrogen and oxygen atoms in total. The summed E-state index contributed by atoms with van der Waals surface area (Å²) in [5.74, 6) is -0.916. The van der Waals surface area contributed by atoms with Crippen LogP contribution in [0.3, 0.4) is 0 Å². The van der Waals surface area contributed by atoms with E-state index >= 15 is 0 Å². The lowest BCUT2D eigenvalue weighted by Crippen LogP contribution is -2.46. The molecule has 0 aliphatic carbocycles. The molecule has 0 saturated carbocycles. The summed E-state index contributed by atoms with van der Waals surface area (Å²) in [5, 5.41) is 61.1. The molecule has 7 N–H and O–H groups in total. The lowest BCUT2D eigenvalue weighted by atomic mass is 10.0. The molecule has 0 fully saturated rings. The number of aliphatic carboxylic acids is 1. The number of carbonyl (C=O) groups is 2. The fraction of sp³-hybridized carbons (Fsp3) is 0.875. The highest BCUT2D eigenvalue weighted by Gasteiger charge is 2.29. The molecule has 0 aromatic carbocycles. The molecule has 0 aliphatic rings. The molecule has 5 atom stereocenters. The van der Waals surface area contributed by atoms with E-state index in [0.29, 0.717) is 6.42 Å². The lowest BCUT2D eigenvalue weighted by molar-refractivity contribution is -0.139. The van der Waals surface area contributed by atoms with Crippen LogP contribution in [0.1, 0.15) is 51.9 Å². The molecule has 0 heterocycles. The van der Waals surface area contributed by atoms with Crippen LogP contribution in [0.15, 0.2) is 0 Å². The van der Waals surface area contributed by atoms with E-state index in [-0.39, 0.29) is 12.7 Å². The second-order valence-electron chi connectivity index (χ2n) is 5.81. The summed E-state index contributed by atoms with van der Waals surface area (Å²) in [5.41, 5.74) is 0. The molecule has 0 radical (unpaired) electrons. The normalized spacial score (nSPS) is 16.8. The van der Waals surface area contributed by atoms with Crippen molar-refractivity contribution < 1.29 is 45.3 Å². The highest BCUT2D eigenvalue weighted by molar-refractivity contribution is 5.67. The first kappa shape index (κ1) is 26.1. The van der Waals surface area contributed by atoms with E-state index in [0.717, 1.165) is 12.8 Å². The first-order valence-corrected chi connectivity index (χ1v) is 8.39. The van der Waals surface area contributed by atoms with Gasteiger partial charge < -0.3 is 40.5 Å². The largest absolute Gasteiger partial charge is 0.481 e. The predicted octanol–water partition coefficient (Wildman–Crippen LogP) is -1.20. The Morgan fingerprint density at radius 3 is 1.96 bits per heavy atom. The van der Waals surface area contributed by atoms with E-state index in [1.54, 1.807) is 0 Å². The maximum Gasteiger partial charge on any atom is 0.305 e. The number of carboxylic acid groups (broad SMARTS) is 1. The molecule has 25 heavy (non-hydrogen) atoms. The van der Waals surface area contributed by atoms with Crippen molar-refractivity contribution in [3.05, 3.63) is 0 Å². The fourth-order valence-corrected chi connectivity index (χ4v) is 1.91. The quantitative estimate of drug-likeness (QED) is 0.155. The van der Waals surface area contributed by atoms with Crippen molar-refractivity contribution in [2.75, 3.05) is 6.61 Å². The van der Waals surface area contributed by atoms with Crippen LogP contribution in [0.25, 0.3) is 0 Å². The summed E-state index contributed by atoms with van der Waals surface area (Å²) in [6.45, 7) is 1.39. The van der Waals surface area contributed by atoms with Crippen molar-refractivity contribution in [1.29, 1.82) is 0 Å². The Morgan fingerprint density at radius 2 is 1.52 bits per heavy atom. The van der Waals surface area contributed by atoms with Crippen molar-refractivity contribution in [3.63, 3.8) is 0 Å². The minimum atomic E-state index is -1.79. The van der Waals surface area contributed by atoms with Crippen molar-refractivity contribution in [2.45, 2.75) is 82.4 Å². The fourth-order valence-electron chi connectivity index (χ4n) is 1.91. The van der Waals surface area contributed by atoms with E-state index in [4.69, 9.17) is 30.6 Å². The van der Waals surface area contributed by atoms with Gasteiger partial charge in [-0.3, -0.25) is 4.79 Å². The van der Waals surface area contributed by atoms with Crippen LogP contribution >= 0.6 is 0 Å². The van der Waals surface area contributed by atoms with Gasteiger partial charge in [-0.2, -0.15) is 0 Å². The molecular weight excluding hydrogens is 336 g/mol. The van der Waals surface area contributed by atoms with Gasteiger partial charge in [0.25, 0.3) is 0 Å². The standard InChI is InChI=1S/C10H20O3.C6H12O6/c1-2-3-4-5-6-7-9(11)8-10(12)13;7-1-3(9)5(11)6(12)4(10)2-8/h9,11H,2-8H2,1H3,(H,12,13);1,3-6,8-12H,2H2. The van der Waals surface area contributed by atoms with Gasteiger partial charge in [-0.1, -0.05) is 39.0 Å². The van der Waals surface area contributed by atoms with E-state index in [9.17, 15) is 14.7 Å². The van der Waals surface area contributed by atoms with Crippen LogP contribution in [0.4, 0.5) is 0 Å². The number of carbonyl (C=O) groups excluding carboxylic acids is 1. The van der Waals surface area contributed by atoms with Crippen molar-refractivity contribution in [1.82, 2.24) is 0 Å². The van der Waals surface area contributed by atoms with E-state index in [1.165, 1.54) is 19.3 Å². The molecule has 5 unspecified atom stereocenters. The van der Waals surface area contributed by atoms with Gasteiger partial charge in [-0.05, 0) is 6.42 Å². The summed E-state index contributed by atoms with van der Waals surface area (Å²) >= 11 is 0. The van der Waals surface area contributed by atoms with Crippen LogP contribution in [-0.2, 0) is 9.59 Å². The van der Waals surface area contributed by atoms with Gasteiger partial charge in [0.1, 0.15) is 24.4 Å². The number of aliphatic hydroxyl groups excluding tert-OH is 6. The van der Waals surface area contributed by atoms with Crippen molar-refractivity contribution >= 4 is 12.3 Å². The van der Waals surface area contributed by atoms with Gasteiger partial charge in [0.05, 0.1) is 19.1 Å². The molecule has 0 aromatic heterocycles. The molecule has 0 bridgehead atoms. The Balaban J connectivity index is 0. The summed E-state index contributed by atoms with van der Waals surface area (Å²) in [7, 11) is 0. The molecule has 150 valence electrons. The SMILES string of the molecule is CCCCCCCC(O)CC(=O)O.O=CC(O)C(O)C(O)C(O)CO. The molecular formula is C16H32O9. The number of carboxylic acids is 1. The average molecular weight is 368 g/mol. The highest BCUT2D eigenvalue weighted by atomic mass is 16.4. The lowest BCUT2D eigenvalue weighted by Gasteiger charge is -2.22. The molecule has 0 aliphatic heterocycles. The number of aliphatic hydroxyl groups is 6. The molecule has 0 spiro atoms. The molecule has 0 aromatic rings. The number of aldehydes is 1. The maximum atomic E-state index is 10.2. The first-order chi connectivity index (χ1) is 11.7. The van der Waals surface area contributed by atoms with Gasteiger partial charge in [0.15, 0.2) is 6.29 Å². The number of rotatable bonds is 13. The highest BCUT2D eigenvalue weighted by Crippen LogP contribution is 2.08. The monoisotopic (exact) mass is 368 g/mol. The summed E-state index contributed by atoms with van der Waals surface area (Å²) in [6, 6.07) is 0. The smallest absolute Gasteiger partial charge is 0.305 e. The van der Waals surface area contributed by atoms with E-state index in [2.05, 4.69) is 6.92 Å². The van der Waals surface area contributed by atoms with Crippen LogP contribution in [-0.4, -0.2) is 85.1 Å². The minimum Gasteiger partial charge on any atom is -0.481 e. The summed E-state index contributed by atoms with van der Waals surface area (Å²) < 4.78 is 0. The second-order valence-corrected chi connectivity index (χ2v) is 5.81. The Bertz CT molecular complexity index is 338. The third-order valence-electron chi connectivity index (χ3n) is 3.47. The molecule has 0 saturated heterocycles. The van der Waals surface area contributed by atoms with Gasteiger partial charge in [-0.15, -0.1) is 0 Å². The zero-order chi connectivity index (χ0) is 19.8. The number of hydrogen-bond donors (Lipinski definition) is 7. The van der Waals surface area contributed by atoms with Crippen molar-refractivity contribution in [3.8, 4) is 0 Å². The first-order valence-electron chi connectivity index (χ1n) is 8.39. The topological polar surface area (TPSA) is 176 Å². The number of hydrogen-bond acceptors (Lipinski definition) is 8. The summed E-state index contributed by atoms with van der Waals surface area (Å²) in [4.78, 5) is 20.1. The van der Waals surface area contributed by atoms with Gasteiger partial charge >= 0.3 is 5.97 Å². The average Bonchev–Trinajstić information content (AvgIpc) is 2.58. The van der Waals surface area contributed by atoms with Crippen LogP contribution in [0, 0.1) is 0 Å². The van der Waals surface area contributed by atoms with Crippen LogP contribution in [0.5, 0.6) is 0 Å². The van der Waals surface area contributed by atoms with E-state index < -0.39 is 43.1 Å². The minimum absolute atomic E-state index is 0.0258. The third kappa shape index (κ3) is 14.9.